The summed E-state index contributed by atoms with van der Waals surface area (Å²) in [6.45, 7) is 0. The Morgan fingerprint density at radius 3 is 1.80 bits per heavy atom. The summed E-state index contributed by atoms with van der Waals surface area (Å²) in [5, 5.41) is 6.75. The van der Waals surface area contributed by atoms with E-state index in [1.807, 2.05) is 0 Å². The highest BCUT2D eigenvalue weighted by Crippen LogP contribution is 1.58. The average molecular weight is 80.1 g/mol. The fourth-order valence-corrected chi connectivity index (χ4v) is 0. The highest BCUT2D eigenvalue weighted by atomic mass is 19.1. The lowest BCUT2D eigenvalue weighted by Gasteiger charge is -1.53. The number of carboxylic acid groups (broad SMARTS) is 1. The van der Waals surface area contributed by atoms with Gasteiger partial charge in [0.1, 0.15) is 0 Å². The maximum Gasteiger partial charge on any atom is 0.492 e. The standard InChI is InChI=1S/CHFO2.CH4/c2-1(3)4;/h(H,3,4);1H4. The number of carbonyl (C=O) groups is 1. The van der Waals surface area contributed by atoms with Crippen LogP contribution in [0.25, 0.3) is 0 Å². The molecule has 2 nitrogen and oxygen atoms in total. The van der Waals surface area contributed by atoms with Crippen molar-refractivity contribution >= 4 is 6.22 Å². The van der Waals surface area contributed by atoms with Gasteiger partial charge in [-0.05, 0) is 0 Å². The summed E-state index contributed by atoms with van der Waals surface area (Å²) < 4.78 is 9.92. The maximum atomic E-state index is 9.92. The molecular formula is C2H5FO2. The van der Waals surface area contributed by atoms with E-state index in [1.54, 1.807) is 0 Å². The molecule has 0 spiro atoms. The van der Waals surface area contributed by atoms with Gasteiger partial charge < -0.3 is 5.11 Å². The minimum absolute atomic E-state index is 0. The summed E-state index contributed by atoms with van der Waals surface area (Å²) in [5.41, 5.74) is 0. The maximum absolute atomic E-state index is 9.92. The monoisotopic (exact) mass is 80.0 g/mol. The zero-order chi connectivity index (χ0) is 3.58. The van der Waals surface area contributed by atoms with Gasteiger partial charge in [-0.15, -0.1) is 4.39 Å². The third-order valence-corrected chi connectivity index (χ3v) is 0. The van der Waals surface area contributed by atoms with Crippen LogP contribution in [0.5, 0.6) is 0 Å². The Balaban J connectivity index is 0. The molecule has 0 aliphatic heterocycles. The smallest absolute Gasteiger partial charge is 0.456 e. The van der Waals surface area contributed by atoms with Crippen molar-refractivity contribution in [2.75, 3.05) is 0 Å². The van der Waals surface area contributed by atoms with E-state index in [0.717, 1.165) is 0 Å². The number of hydrogen-bond acceptors (Lipinski definition) is 1. The fourth-order valence-electron chi connectivity index (χ4n) is 0. The lowest BCUT2D eigenvalue weighted by molar-refractivity contribution is 0.169. The first-order valence-corrected chi connectivity index (χ1v) is 0.617. The van der Waals surface area contributed by atoms with E-state index in [1.165, 1.54) is 0 Å². The van der Waals surface area contributed by atoms with Gasteiger partial charge in [-0.3, -0.25) is 0 Å². The Kier molecular flexibility index (Phi) is 6.00. The van der Waals surface area contributed by atoms with E-state index < -0.39 is 6.22 Å². The van der Waals surface area contributed by atoms with Crippen LogP contribution in [0.1, 0.15) is 7.43 Å². The molecule has 0 unspecified atom stereocenters. The first-order chi connectivity index (χ1) is 1.73. The van der Waals surface area contributed by atoms with Gasteiger partial charge >= 0.3 is 6.22 Å². The van der Waals surface area contributed by atoms with Crippen LogP contribution in [0.3, 0.4) is 0 Å². The van der Waals surface area contributed by atoms with Crippen molar-refractivity contribution in [1.29, 1.82) is 0 Å². The van der Waals surface area contributed by atoms with E-state index in [4.69, 9.17) is 9.90 Å². The van der Waals surface area contributed by atoms with E-state index >= 15 is 0 Å². The van der Waals surface area contributed by atoms with Crippen LogP contribution >= 0.6 is 0 Å². The Bertz CT molecular complexity index is 30.6. The van der Waals surface area contributed by atoms with Gasteiger partial charge in [0.2, 0.25) is 0 Å². The third-order valence-electron chi connectivity index (χ3n) is 0. The molecule has 0 atom stereocenters. The van der Waals surface area contributed by atoms with Gasteiger partial charge in [0, 0.05) is 0 Å². The van der Waals surface area contributed by atoms with Gasteiger partial charge in [-0.2, -0.15) is 0 Å². The minimum Gasteiger partial charge on any atom is -0.456 e. The molecule has 0 heterocycles. The van der Waals surface area contributed by atoms with E-state index in [9.17, 15) is 4.39 Å². The van der Waals surface area contributed by atoms with Crippen molar-refractivity contribution in [2.24, 2.45) is 0 Å². The molecule has 0 aromatic rings. The van der Waals surface area contributed by atoms with Crippen molar-refractivity contribution in [3.05, 3.63) is 0 Å². The Morgan fingerprint density at radius 1 is 1.80 bits per heavy atom. The number of rotatable bonds is 0. The minimum atomic E-state index is -2.33. The predicted molar refractivity (Wildman–Crippen MR) is 15.9 cm³/mol. The van der Waals surface area contributed by atoms with Crippen LogP contribution in [0, 0.1) is 0 Å². The van der Waals surface area contributed by atoms with Gasteiger partial charge in [0.15, 0.2) is 0 Å². The molecule has 0 rings (SSSR count). The second-order valence-corrected chi connectivity index (χ2v) is 0.253. The van der Waals surface area contributed by atoms with Crippen LogP contribution < -0.4 is 0 Å². The van der Waals surface area contributed by atoms with Crippen molar-refractivity contribution in [2.45, 2.75) is 7.43 Å². The van der Waals surface area contributed by atoms with Gasteiger partial charge in [-0.1, -0.05) is 7.43 Å². The molecule has 0 aromatic carbocycles. The normalized spacial score (nSPS) is 5.00. The highest BCUT2D eigenvalue weighted by molar-refractivity contribution is 5.54. The first kappa shape index (κ1) is 8.83. The number of hydrogen-bond donors (Lipinski definition) is 1. The van der Waals surface area contributed by atoms with Crippen LogP contribution in [0.15, 0.2) is 0 Å². The molecule has 3 heteroatoms. The lowest BCUT2D eigenvalue weighted by atomic mass is 11.5. The second-order valence-electron chi connectivity index (χ2n) is 0.253. The molecule has 0 aliphatic rings. The fraction of sp³-hybridized carbons (Fsp3) is 0.500. The average Bonchev–Trinajstić information content (AvgIpc) is 0.811. The molecule has 0 radical (unpaired) electrons. The number of halogens is 1. The molecular weight excluding hydrogens is 75.0 g/mol. The summed E-state index contributed by atoms with van der Waals surface area (Å²) in [7, 11) is 0. The van der Waals surface area contributed by atoms with Crippen molar-refractivity contribution in [3.8, 4) is 0 Å². The topological polar surface area (TPSA) is 37.3 Å². The summed E-state index contributed by atoms with van der Waals surface area (Å²) in [6.07, 6.45) is -2.33. The zero-order valence-electron chi connectivity index (χ0n) is 1.73. The van der Waals surface area contributed by atoms with Gasteiger partial charge in [-0.25, -0.2) is 4.79 Å². The second kappa shape index (κ2) is 3.40. The zero-order valence-corrected chi connectivity index (χ0v) is 1.73. The van der Waals surface area contributed by atoms with E-state index in [2.05, 4.69) is 0 Å². The van der Waals surface area contributed by atoms with Crippen LogP contribution in [-0.2, 0) is 0 Å². The molecule has 0 aromatic heterocycles. The van der Waals surface area contributed by atoms with Gasteiger partial charge in [0.05, 0.1) is 0 Å². The lowest BCUT2D eigenvalue weighted by Crippen LogP contribution is -1.69. The van der Waals surface area contributed by atoms with Crippen molar-refractivity contribution < 1.29 is 14.3 Å². The summed E-state index contributed by atoms with van der Waals surface area (Å²) in [6, 6.07) is 0. The van der Waals surface area contributed by atoms with Crippen molar-refractivity contribution in [1.82, 2.24) is 0 Å². The molecule has 1 N–H and O–H groups in total. The molecule has 0 fully saturated rings. The summed E-state index contributed by atoms with van der Waals surface area (Å²) in [4.78, 5) is 8.33. The third kappa shape index (κ3) is 18.5. The van der Waals surface area contributed by atoms with Gasteiger partial charge in [0.25, 0.3) is 0 Å². The van der Waals surface area contributed by atoms with E-state index in [0.29, 0.717) is 0 Å². The summed E-state index contributed by atoms with van der Waals surface area (Å²) in [5.74, 6) is 0. The molecule has 32 valence electrons. The Labute approximate surface area is 29.2 Å². The predicted octanol–water partition coefficient (Wildman–Crippen LogP) is 1.27. The van der Waals surface area contributed by atoms with E-state index in [-0.39, 0.29) is 7.43 Å². The molecule has 0 saturated carbocycles. The summed E-state index contributed by atoms with van der Waals surface area (Å²) >= 11 is 0. The molecule has 0 amide bonds. The highest BCUT2D eigenvalue weighted by Gasteiger charge is 1.74. The Hall–Kier alpha value is -0.600. The SMILES string of the molecule is C.O=C(O)F. The van der Waals surface area contributed by atoms with Crippen LogP contribution in [0.2, 0.25) is 0 Å². The molecule has 0 aliphatic carbocycles. The quantitative estimate of drug-likeness (QED) is 0.445. The largest absolute Gasteiger partial charge is 0.492 e. The van der Waals surface area contributed by atoms with Crippen LogP contribution in [-0.4, -0.2) is 11.3 Å². The Morgan fingerprint density at radius 2 is 1.80 bits per heavy atom. The molecule has 5 heavy (non-hydrogen) atoms. The first-order valence-electron chi connectivity index (χ1n) is 0.617. The van der Waals surface area contributed by atoms with Crippen LogP contribution in [0.4, 0.5) is 9.18 Å². The van der Waals surface area contributed by atoms with Crippen molar-refractivity contribution in [3.63, 3.8) is 0 Å². The molecule has 0 saturated heterocycles. The molecule has 0 bridgehead atoms.